The smallest absolute Gasteiger partial charge is 0.185 e. The fourth-order valence-electron chi connectivity index (χ4n) is 4.05. The van der Waals surface area contributed by atoms with Gasteiger partial charge in [-0.15, -0.1) is 0 Å². The highest BCUT2D eigenvalue weighted by molar-refractivity contribution is 6.78. The Labute approximate surface area is 133 Å². The van der Waals surface area contributed by atoms with E-state index in [9.17, 15) is 0 Å². The molecule has 2 atom stereocenters. The maximum Gasteiger partial charge on any atom is 0.185 e. The van der Waals surface area contributed by atoms with Gasteiger partial charge in [-0.05, 0) is 36.2 Å². The van der Waals surface area contributed by atoms with Crippen LogP contribution in [0.2, 0.25) is 39.3 Å². The van der Waals surface area contributed by atoms with Crippen LogP contribution in [0.3, 0.4) is 0 Å². The minimum atomic E-state index is -1.64. The molecule has 0 spiro atoms. The first-order chi connectivity index (χ1) is 9.31. The van der Waals surface area contributed by atoms with E-state index in [0.29, 0.717) is 5.54 Å². The first-order valence-electron chi connectivity index (χ1n) is 8.10. The summed E-state index contributed by atoms with van der Waals surface area (Å²) in [4.78, 5) is 0. The van der Waals surface area contributed by atoms with E-state index in [4.69, 9.17) is 4.43 Å². The molecule has 0 aromatic heterocycles. The molecule has 1 aromatic carbocycles. The van der Waals surface area contributed by atoms with Crippen LogP contribution in [-0.4, -0.2) is 16.4 Å². The maximum atomic E-state index is 6.96. The van der Waals surface area contributed by atoms with Gasteiger partial charge in [0.25, 0.3) is 0 Å². The van der Waals surface area contributed by atoms with Crippen LogP contribution in [-0.2, 0) is 10.0 Å². The summed E-state index contributed by atoms with van der Waals surface area (Å²) in [6.07, 6.45) is 0. The van der Waals surface area contributed by atoms with Crippen molar-refractivity contribution in [3.05, 3.63) is 35.4 Å². The molecule has 2 rings (SSSR count). The van der Waals surface area contributed by atoms with E-state index in [0.717, 1.165) is 0 Å². The van der Waals surface area contributed by atoms with Gasteiger partial charge in [-0.25, -0.2) is 0 Å². The normalized spacial score (nSPS) is 26.2. The van der Waals surface area contributed by atoms with Crippen molar-refractivity contribution in [1.29, 1.82) is 0 Å². The van der Waals surface area contributed by atoms with Crippen LogP contribution < -0.4 is 0 Å². The summed E-state index contributed by atoms with van der Waals surface area (Å²) in [6.45, 7) is 21.5. The van der Waals surface area contributed by atoms with Crippen molar-refractivity contribution in [1.82, 2.24) is 0 Å². The zero-order chi connectivity index (χ0) is 16.3. The van der Waals surface area contributed by atoms with Crippen molar-refractivity contribution in [2.75, 3.05) is 0 Å². The third-order valence-electron chi connectivity index (χ3n) is 4.53. The minimum Gasteiger partial charge on any atom is -0.407 e. The summed E-state index contributed by atoms with van der Waals surface area (Å²) < 4.78 is 6.96. The Bertz CT molecular complexity index is 531. The number of hydrogen-bond donors (Lipinski definition) is 0. The first kappa shape index (κ1) is 17.0. The van der Waals surface area contributed by atoms with Crippen LogP contribution in [0.15, 0.2) is 24.3 Å². The van der Waals surface area contributed by atoms with Crippen LogP contribution in [0, 0.1) is 5.41 Å². The second kappa shape index (κ2) is 4.80. The average Bonchev–Trinajstić information content (AvgIpc) is 2.20. The van der Waals surface area contributed by atoms with E-state index < -0.39 is 16.4 Å². The number of hydrogen-bond acceptors (Lipinski definition) is 1. The highest BCUT2D eigenvalue weighted by Gasteiger charge is 2.63. The summed E-state index contributed by atoms with van der Waals surface area (Å²) in [6, 6.07) is 8.99. The topological polar surface area (TPSA) is 9.23 Å². The van der Waals surface area contributed by atoms with Crippen LogP contribution in [0.25, 0.3) is 0 Å². The molecule has 0 fully saturated rings. The van der Waals surface area contributed by atoms with Crippen molar-refractivity contribution in [3.63, 3.8) is 0 Å². The number of fused-ring (bicyclic) bond motifs is 1. The van der Waals surface area contributed by atoms with Gasteiger partial charge in [0.05, 0.1) is 13.7 Å². The van der Waals surface area contributed by atoms with Crippen LogP contribution in [0.4, 0.5) is 0 Å². The van der Waals surface area contributed by atoms with Gasteiger partial charge in [0.2, 0.25) is 0 Å². The average molecular weight is 321 g/mol. The molecular weight excluding hydrogens is 288 g/mol. The third-order valence-corrected chi connectivity index (χ3v) is 7.91. The van der Waals surface area contributed by atoms with E-state index in [1.807, 2.05) is 0 Å². The monoisotopic (exact) mass is 320 g/mol. The largest absolute Gasteiger partial charge is 0.407 e. The van der Waals surface area contributed by atoms with Gasteiger partial charge in [0.1, 0.15) is 0 Å². The van der Waals surface area contributed by atoms with E-state index >= 15 is 0 Å². The van der Waals surface area contributed by atoms with Gasteiger partial charge < -0.3 is 4.43 Å². The van der Waals surface area contributed by atoms with Crippen molar-refractivity contribution in [2.24, 2.45) is 5.41 Å². The van der Waals surface area contributed by atoms with E-state index in [2.05, 4.69) is 84.3 Å². The quantitative estimate of drug-likeness (QED) is 0.644. The summed E-state index contributed by atoms with van der Waals surface area (Å²) in [7, 11) is -3.01. The molecule has 1 nitrogen and oxygen atoms in total. The Morgan fingerprint density at radius 3 is 1.90 bits per heavy atom. The molecule has 118 valence electrons. The molecule has 1 aliphatic carbocycles. The lowest BCUT2D eigenvalue weighted by atomic mass is 9.60. The van der Waals surface area contributed by atoms with Gasteiger partial charge in [-0.1, -0.05) is 64.7 Å². The summed E-state index contributed by atoms with van der Waals surface area (Å²) in [5.41, 5.74) is 3.61. The van der Waals surface area contributed by atoms with Crippen LogP contribution >= 0.6 is 0 Å². The highest BCUT2D eigenvalue weighted by Crippen LogP contribution is 2.64. The molecule has 0 unspecified atom stereocenters. The molecule has 0 bridgehead atoms. The Hall–Kier alpha value is -0.386. The van der Waals surface area contributed by atoms with Crippen molar-refractivity contribution >= 4 is 16.4 Å². The molecule has 0 heterocycles. The zero-order valence-electron chi connectivity index (χ0n) is 15.3. The lowest BCUT2D eigenvalue weighted by Crippen LogP contribution is -2.64. The molecule has 1 aromatic rings. The van der Waals surface area contributed by atoms with Crippen molar-refractivity contribution < 1.29 is 4.43 Å². The van der Waals surface area contributed by atoms with Gasteiger partial charge in [-0.2, -0.15) is 0 Å². The Morgan fingerprint density at radius 2 is 1.48 bits per heavy atom. The predicted octanol–water partition coefficient (Wildman–Crippen LogP) is 5.75. The maximum absolute atomic E-state index is 6.96. The van der Waals surface area contributed by atoms with Crippen LogP contribution in [0.1, 0.15) is 37.4 Å². The third kappa shape index (κ3) is 2.68. The van der Waals surface area contributed by atoms with E-state index in [1.165, 1.54) is 5.56 Å². The molecule has 21 heavy (non-hydrogen) atoms. The zero-order valence-corrected chi connectivity index (χ0v) is 17.3. The Balaban J connectivity index is 2.69. The standard InChI is InChI=1S/C18H32OSi2/c1-17(2,3)18(19-21(7,8)9)15-13-11-10-12-14(15)16(18)20(4,5)6/h10-13,16H,1-9H3/t16-,18-/m1/s1. The van der Waals surface area contributed by atoms with Crippen molar-refractivity contribution in [3.8, 4) is 0 Å². The fourth-order valence-corrected chi connectivity index (χ4v) is 8.72. The fraction of sp³-hybridized carbons (Fsp3) is 0.667. The number of benzene rings is 1. The lowest BCUT2D eigenvalue weighted by molar-refractivity contribution is -0.0750. The SMILES string of the molecule is CC(C)(C)[C@@]1(O[Si](C)(C)C)c2ccccc2[C@H]1[Si](C)(C)C. The van der Waals surface area contributed by atoms with Gasteiger partial charge in [0, 0.05) is 5.54 Å². The highest BCUT2D eigenvalue weighted by atomic mass is 28.4. The minimum absolute atomic E-state index is 0.0987. The second-order valence-electron chi connectivity index (χ2n) is 9.59. The second-order valence-corrected chi connectivity index (χ2v) is 19.3. The molecule has 0 N–H and O–H groups in total. The van der Waals surface area contributed by atoms with E-state index in [1.54, 1.807) is 5.56 Å². The molecule has 0 amide bonds. The molecular formula is C18H32OSi2. The first-order valence-corrected chi connectivity index (χ1v) is 15.1. The van der Waals surface area contributed by atoms with Crippen LogP contribution in [0.5, 0.6) is 0 Å². The van der Waals surface area contributed by atoms with Gasteiger partial charge in [-0.3, -0.25) is 0 Å². The summed E-state index contributed by atoms with van der Waals surface area (Å²) in [5.74, 6) is 0. The molecule has 0 saturated heterocycles. The molecule has 0 saturated carbocycles. The lowest BCUT2D eigenvalue weighted by Gasteiger charge is -2.63. The molecule has 3 heteroatoms. The summed E-state index contributed by atoms with van der Waals surface area (Å²) >= 11 is 0. The number of rotatable bonds is 3. The van der Waals surface area contributed by atoms with Gasteiger partial charge >= 0.3 is 0 Å². The summed E-state index contributed by atoms with van der Waals surface area (Å²) in [5, 5.41) is 0. The van der Waals surface area contributed by atoms with E-state index in [-0.39, 0.29) is 11.0 Å². The molecule has 1 aliphatic rings. The predicted molar refractivity (Wildman–Crippen MR) is 98.1 cm³/mol. The Kier molecular flexibility index (Phi) is 3.88. The Morgan fingerprint density at radius 1 is 0.952 bits per heavy atom. The van der Waals surface area contributed by atoms with Gasteiger partial charge in [0.15, 0.2) is 8.32 Å². The molecule has 0 aliphatic heterocycles. The molecule has 0 radical (unpaired) electrons. The van der Waals surface area contributed by atoms with Crippen molar-refractivity contribution in [2.45, 2.75) is 71.2 Å².